The highest BCUT2D eigenvalue weighted by atomic mass is 32.2. The molecule has 13 heteroatoms. The predicted octanol–water partition coefficient (Wildman–Crippen LogP) is -1.21. The molecule has 0 saturated carbocycles. The van der Waals surface area contributed by atoms with Gasteiger partial charge < -0.3 is 31.7 Å². The first-order valence-corrected chi connectivity index (χ1v) is 9.78. The minimum Gasteiger partial charge on any atom is -0.480 e. The second-order valence-electron chi connectivity index (χ2n) is 6.47. The minimum absolute atomic E-state index is 0.000516. The van der Waals surface area contributed by atoms with E-state index in [0.29, 0.717) is 5.57 Å². The molecule has 160 valence electrons. The molecule has 0 spiro atoms. The van der Waals surface area contributed by atoms with Crippen molar-refractivity contribution >= 4 is 41.6 Å². The number of nitrogens with two attached hydrogens (primary N) is 2. The average molecular weight is 430 g/mol. The Labute approximate surface area is 169 Å². The summed E-state index contributed by atoms with van der Waals surface area (Å²) in [6.45, 7) is -0.104. The lowest BCUT2D eigenvalue weighted by Gasteiger charge is -2.49. The molecule has 3 unspecified atom stereocenters. The Bertz CT molecular complexity index is 755. The van der Waals surface area contributed by atoms with Crippen LogP contribution in [0.4, 0.5) is 4.79 Å². The van der Waals surface area contributed by atoms with Crippen LogP contribution >= 0.6 is 11.8 Å². The Kier molecular flexibility index (Phi) is 7.45. The van der Waals surface area contributed by atoms with Gasteiger partial charge in [0.05, 0.1) is 6.61 Å². The van der Waals surface area contributed by atoms with Crippen molar-refractivity contribution in [1.82, 2.24) is 10.2 Å². The zero-order valence-electron chi connectivity index (χ0n) is 15.3. The number of amides is 3. The summed E-state index contributed by atoms with van der Waals surface area (Å²) in [7, 11) is 0. The lowest BCUT2D eigenvalue weighted by molar-refractivity contribution is -0.150. The molecule has 7 N–H and O–H groups in total. The van der Waals surface area contributed by atoms with Crippen LogP contribution in [0.2, 0.25) is 0 Å². The quantitative estimate of drug-likeness (QED) is 0.262. The number of fused-ring (bicyclic) bond motifs is 1. The van der Waals surface area contributed by atoms with Gasteiger partial charge >= 0.3 is 18.0 Å². The van der Waals surface area contributed by atoms with Crippen molar-refractivity contribution in [3.63, 3.8) is 0 Å². The Morgan fingerprint density at radius 1 is 1.31 bits per heavy atom. The van der Waals surface area contributed by atoms with Crippen LogP contribution in [0.3, 0.4) is 0 Å². The van der Waals surface area contributed by atoms with Gasteiger partial charge in [0.1, 0.15) is 23.2 Å². The average Bonchev–Trinajstić information content (AvgIpc) is 2.64. The summed E-state index contributed by atoms with van der Waals surface area (Å²) in [5.41, 5.74) is 10.5. The third kappa shape index (κ3) is 5.38. The fourth-order valence-electron chi connectivity index (χ4n) is 3.00. The molecule has 1 fully saturated rings. The summed E-state index contributed by atoms with van der Waals surface area (Å²) in [5.74, 6) is -3.15. The smallest absolute Gasteiger partial charge is 0.404 e. The van der Waals surface area contributed by atoms with Gasteiger partial charge in [0.15, 0.2) is 0 Å². The second kappa shape index (κ2) is 9.60. The third-order valence-electron chi connectivity index (χ3n) is 4.45. The number of β-lactam (4-membered cyclic amide) rings is 1. The molecule has 0 bridgehead atoms. The molecule has 2 aliphatic rings. The summed E-state index contributed by atoms with van der Waals surface area (Å²) in [6.07, 6.45) is -0.495. The Hall–Kier alpha value is -2.80. The van der Waals surface area contributed by atoms with Crippen LogP contribution in [-0.4, -0.2) is 74.8 Å². The third-order valence-corrected chi connectivity index (χ3v) is 5.79. The molecule has 0 aromatic rings. The van der Waals surface area contributed by atoms with Crippen LogP contribution in [0.5, 0.6) is 0 Å². The molecule has 0 aliphatic carbocycles. The molecule has 2 rings (SSSR count). The zero-order valence-corrected chi connectivity index (χ0v) is 16.1. The lowest BCUT2D eigenvalue weighted by Crippen LogP contribution is -2.70. The largest absolute Gasteiger partial charge is 0.480 e. The maximum absolute atomic E-state index is 12.4. The van der Waals surface area contributed by atoms with Gasteiger partial charge in [0.25, 0.3) is 5.91 Å². The monoisotopic (exact) mass is 430 g/mol. The number of hydrogen-bond donors (Lipinski definition) is 5. The fraction of sp³-hybridized carbons (Fsp3) is 0.562. The molecule has 0 radical (unpaired) electrons. The van der Waals surface area contributed by atoms with Crippen LogP contribution in [0.25, 0.3) is 0 Å². The van der Waals surface area contributed by atoms with Gasteiger partial charge in [-0.15, -0.1) is 11.8 Å². The number of carbonyl (C=O) groups is 5. The molecule has 2 heterocycles. The normalized spacial score (nSPS) is 21.7. The maximum atomic E-state index is 12.4. The number of aliphatic carboxylic acids is 2. The van der Waals surface area contributed by atoms with Gasteiger partial charge in [-0.05, 0) is 18.4 Å². The lowest BCUT2D eigenvalue weighted by atomic mass is 10.0. The Morgan fingerprint density at radius 2 is 2.00 bits per heavy atom. The molecule has 12 nitrogen and oxygen atoms in total. The van der Waals surface area contributed by atoms with Gasteiger partial charge in [-0.25, -0.2) is 9.59 Å². The fourth-order valence-corrected chi connectivity index (χ4v) is 4.39. The van der Waals surface area contributed by atoms with Gasteiger partial charge in [-0.2, -0.15) is 0 Å². The molecule has 0 aromatic carbocycles. The number of carbonyl (C=O) groups excluding carboxylic acids is 3. The van der Waals surface area contributed by atoms with Gasteiger partial charge in [0.2, 0.25) is 5.91 Å². The number of primary amides is 1. The molecule has 2 aliphatic heterocycles. The van der Waals surface area contributed by atoms with Crippen LogP contribution in [0.1, 0.15) is 25.7 Å². The number of carboxylic acid groups (broad SMARTS) is 2. The van der Waals surface area contributed by atoms with E-state index in [-0.39, 0.29) is 43.7 Å². The highest BCUT2D eigenvalue weighted by molar-refractivity contribution is 8.00. The standard InChI is InChI=1S/C16H22N4O8S/c17-8(14(23)24)2-1-3-9(21)19-10-12(22)20-11(15(25)26)7(6-29-13(10)20)4-5-28-16(18)27/h8,10,13H,1-6,17H2,(H2,18,27)(H,19,21)(H,23,24)(H,25,26). The molecular formula is C16H22N4O8S. The Balaban J connectivity index is 1.94. The molecule has 1 saturated heterocycles. The maximum Gasteiger partial charge on any atom is 0.404 e. The second-order valence-corrected chi connectivity index (χ2v) is 7.57. The summed E-state index contributed by atoms with van der Waals surface area (Å²) in [6, 6.07) is -1.92. The molecular weight excluding hydrogens is 408 g/mol. The molecule has 0 aromatic heterocycles. The topological polar surface area (TPSA) is 202 Å². The van der Waals surface area contributed by atoms with Crippen molar-refractivity contribution in [1.29, 1.82) is 0 Å². The first-order chi connectivity index (χ1) is 13.6. The number of ether oxygens (including phenoxy) is 1. The van der Waals surface area contributed by atoms with E-state index < -0.39 is 47.3 Å². The number of carboxylic acids is 2. The molecule has 3 atom stereocenters. The summed E-state index contributed by atoms with van der Waals surface area (Å²) in [4.78, 5) is 58.5. The first kappa shape index (κ1) is 22.5. The van der Waals surface area contributed by atoms with Gasteiger partial charge in [0, 0.05) is 18.6 Å². The Morgan fingerprint density at radius 3 is 2.59 bits per heavy atom. The van der Waals surface area contributed by atoms with Gasteiger partial charge in [-0.3, -0.25) is 19.3 Å². The van der Waals surface area contributed by atoms with E-state index in [2.05, 4.69) is 10.1 Å². The van der Waals surface area contributed by atoms with Crippen molar-refractivity contribution in [3.05, 3.63) is 11.3 Å². The summed E-state index contributed by atoms with van der Waals surface area (Å²) < 4.78 is 4.62. The van der Waals surface area contributed by atoms with Crippen molar-refractivity contribution in [2.75, 3.05) is 12.4 Å². The zero-order chi connectivity index (χ0) is 21.7. The summed E-state index contributed by atoms with van der Waals surface area (Å²) >= 11 is 1.29. The van der Waals surface area contributed by atoms with Crippen molar-refractivity contribution in [2.24, 2.45) is 11.5 Å². The van der Waals surface area contributed by atoms with E-state index >= 15 is 0 Å². The first-order valence-electron chi connectivity index (χ1n) is 8.73. The molecule has 3 amide bonds. The van der Waals surface area contributed by atoms with Crippen LogP contribution in [0.15, 0.2) is 11.3 Å². The van der Waals surface area contributed by atoms with Gasteiger partial charge in [-0.1, -0.05) is 0 Å². The number of hydrogen-bond acceptors (Lipinski definition) is 8. The number of nitrogens with zero attached hydrogens (tertiary/aromatic N) is 1. The van der Waals surface area contributed by atoms with E-state index in [1.54, 1.807) is 0 Å². The SMILES string of the molecule is NC(=O)OCCC1=C(C(=O)O)N2C(=O)C(NC(=O)CCCC(N)C(=O)O)C2SC1. The van der Waals surface area contributed by atoms with E-state index in [9.17, 15) is 29.1 Å². The van der Waals surface area contributed by atoms with Crippen molar-refractivity contribution in [2.45, 2.75) is 43.1 Å². The number of rotatable bonds is 10. The van der Waals surface area contributed by atoms with Crippen LogP contribution in [0, 0.1) is 0 Å². The van der Waals surface area contributed by atoms with Crippen LogP contribution < -0.4 is 16.8 Å². The highest BCUT2D eigenvalue weighted by Crippen LogP contribution is 2.41. The minimum atomic E-state index is -1.29. The van der Waals surface area contributed by atoms with E-state index in [1.807, 2.05) is 0 Å². The van der Waals surface area contributed by atoms with Crippen molar-refractivity contribution in [3.8, 4) is 0 Å². The predicted molar refractivity (Wildman–Crippen MR) is 99.3 cm³/mol. The van der Waals surface area contributed by atoms with E-state index in [4.69, 9.17) is 16.6 Å². The summed E-state index contributed by atoms with van der Waals surface area (Å²) in [5, 5.41) is 20.2. The number of nitrogens with one attached hydrogen (secondary N) is 1. The highest BCUT2D eigenvalue weighted by Gasteiger charge is 2.54. The van der Waals surface area contributed by atoms with E-state index in [0.717, 1.165) is 4.90 Å². The van der Waals surface area contributed by atoms with Crippen LogP contribution in [-0.2, 0) is 23.9 Å². The number of thioether (sulfide) groups is 1. The van der Waals surface area contributed by atoms with Crippen molar-refractivity contribution < 1.29 is 38.9 Å². The molecule has 29 heavy (non-hydrogen) atoms. The van der Waals surface area contributed by atoms with E-state index in [1.165, 1.54) is 11.8 Å².